The maximum absolute atomic E-state index is 12.2. The molecule has 0 saturated carbocycles. The molecule has 0 spiro atoms. The van der Waals surface area contributed by atoms with Crippen LogP contribution < -0.4 is 10.5 Å². The fourth-order valence-corrected chi connectivity index (χ4v) is 4.20. The fraction of sp³-hybridized carbons (Fsp3) is 0.200. The Morgan fingerprint density at radius 2 is 1.91 bits per heavy atom. The van der Waals surface area contributed by atoms with Gasteiger partial charge in [0.05, 0.1) is 11.4 Å². The van der Waals surface area contributed by atoms with E-state index in [-0.39, 0.29) is 24.1 Å². The average Bonchev–Trinajstić information content (AvgIpc) is 3.24. The Balaban J connectivity index is 1.53. The summed E-state index contributed by atoms with van der Waals surface area (Å²) in [5.74, 6) is 1.55. The monoisotopic (exact) mass is 441 g/mol. The van der Waals surface area contributed by atoms with E-state index in [0.29, 0.717) is 35.6 Å². The van der Waals surface area contributed by atoms with Crippen LogP contribution in [-0.4, -0.2) is 43.6 Å². The first-order valence-corrected chi connectivity index (χ1v) is 10.8. The molecule has 1 fully saturated rings. The van der Waals surface area contributed by atoms with Gasteiger partial charge in [0.15, 0.2) is 5.65 Å². The molecule has 8 heteroatoms. The number of fused-ring (bicyclic) bond motifs is 1. The molecule has 1 aliphatic heterocycles. The number of likely N-dealkylation sites (tertiary alicyclic amines) is 1. The maximum atomic E-state index is 12.2. The van der Waals surface area contributed by atoms with Crippen LogP contribution in [-0.2, 0) is 4.79 Å². The highest BCUT2D eigenvalue weighted by atomic mass is 16.5. The van der Waals surface area contributed by atoms with Crippen molar-refractivity contribution < 1.29 is 10.9 Å². The number of ether oxygens (including phenoxy) is 1. The second-order valence-corrected chi connectivity index (χ2v) is 7.92. The summed E-state index contributed by atoms with van der Waals surface area (Å²) in [7, 11) is 0. The minimum absolute atomic E-state index is 0.0942. The predicted octanol–water partition coefficient (Wildman–Crippen LogP) is 4.22. The molecule has 2 N–H and O–H groups in total. The quantitative estimate of drug-likeness (QED) is 0.466. The van der Waals surface area contributed by atoms with Gasteiger partial charge in [0.1, 0.15) is 30.7 Å². The van der Waals surface area contributed by atoms with E-state index < -0.39 is 0 Å². The number of benzene rings is 2. The molecule has 5 rings (SSSR count). The molecule has 4 aromatic rings. The van der Waals surface area contributed by atoms with Crippen LogP contribution in [0.1, 0.15) is 20.3 Å². The third-order valence-electron chi connectivity index (χ3n) is 5.80. The van der Waals surface area contributed by atoms with Crippen molar-refractivity contribution in [1.29, 1.82) is 0 Å². The Bertz CT molecular complexity index is 1350. The van der Waals surface area contributed by atoms with Gasteiger partial charge >= 0.3 is 0 Å². The van der Waals surface area contributed by atoms with Gasteiger partial charge in [-0.05, 0) is 55.3 Å². The largest absolute Gasteiger partial charge is 0.457 e. The molecule has 0 unspecified atom stereocenters. The summed E-state index contributed by atoms with van der Waals surface area (Å²) in [5.41, 5.74) is 8.19. The van der Waals surface area contributed by atoms with Crippen molar-refractivity contribution in [2.75, 3.05) is 18.8 Å². The standard InChI is InChI=1S/C25H24N6O2/c1-2-21(32)30-14-6-7-18(15-30)31-25-22(24(26)27-16-28-25)23(29-31)17-10-12-20(13-11-17)33-19-8-4-3-5-9-19/h2-5,8-13,16,18H,1,6-7,14-15H2,(H2,26,27,28)/t18-/m1/s1/i16D. The van der Waals surface area contributed by atoms with Crippen molar-refractivity contribution in [3.8, 4) is 22.8 Å². The van der Waals surface area contributed by atoms with Crippen molar-refractivity contribution in [3.05, 3.63) is 73.6 Å². The van der Waals surface area contributed by atoms with Crippen LogP contribution in [0.3, 0.4) is 0 Å². The number of hydrogen-bond acceptors (Lipinski definition) is 6. The lowest BCUT2D eigenvalue weighted by atomic mass is 10.1. The fourth-order valence-electron chi connectivity index (χ4n) is 4.20. The molecule has 33 heavy (non-hydrogen) atoms. The number of anilines is 1. The van der Waals surface area contributed by atoms with Gasteiger partial charge in [0, 0.05) is 18.7 Å². The zero-order chi connectivity index (χ0) is 23.7. The van der Waals surface area contributed by atoms with Crippen LogP contribution in [0.2, 0.25) is 0 Å². The average molecular weight is 442 g/mol. The van der Waals surface area contributed by atoms with Crippen LogP contribution >= 0.6 is 0 Å². The van der Waals surface area contributed by atoms with Gasteiger partial charge in [-0.15, -0.1) is 0 Å². The molecular formula is C25H24N6O2. The molecule has 166 valence electrons. The highest BCUT2D eigenvalue weighted by molar-refractivity contribution is 5.98. The maximum Gasteiger partial charge on any atom is 0.246 e. The van der Waals surface area contributed by atoms with Crippen molar-refractivity contribution >= 4 is 22.8 Å². The Hall–Kier alpha value is -4.20. The van der Waals surface area contributed by atoms with Crippen molar-refractivity contribution in [2.24, 2.45) is 0 Å². The number of piperidine rings is 1. The van der Waals surface area contributed by atoms with E-state index in [1.165, 1.54) is 6.08 Å². The summed E-state index contributed by atoms with van der Waals surface area (Å²) in [6.45, 7) is 4.76. The number of amides is 1. The van der Waals surface area contributed by atoms with Crippen LogP contribution in [0, 0.1) is 0 Å². The molecule has 1 saturated heterocycles. The number of rotatable bonds is 5. The minimum atomic E-state index is -0.167. The molecule has 1 atom stereocenters. The van der Waals surface area contributed by atoms with Gasteiger partial charge in [-0.3, -0.25) is 4.79 Å². The number of para-hydroxylation sites is 1. The van der Waals surface area contributed by atoms with Crippen molar-refractivity contribution in [3.63, 3.8) is 0 Å². The molecule has 3 heterocycles. The number of nitrogens with two attached hydrogens (primary N) is 1. The normalized spacial score (nSPS) is 16.4. The van der Waals surface area contributed by atoms with Crippen molar-refractivity contribution in [2.45, 2.75) is 18.9 Å². The summed E-state index contributed by atoms with van der Waals surface area (Å²) in [4.78, 5) is 22.4. The number of carbonyl (C=O) groups is 1. The minimum Gasteiger partial charge on any atom is -0.457 e. The highest BCUT2D eigenvalue weighted by Gasteiger charge is 2.28. The second-order valence-electron chi connectivity index (χ2n) is 7.92. The smallest absolute Gasteiger partial charge is 0.246 e. The van der Waals surface area contributed by atoms with Crippen LogP contribution in [0.25, 0.3) is 22.3 Å². The van der Waals surface area contributed by atoms with Gasteiger partial charge in [0.25, 0.3) is 0 Å². The first kappa shape index (κ1) is 19.5. The predicted molar refractivity (Wildman–Crippen MR) is 127 cm³/mol. The zero-order valence-corrected chi connectivity index (χ0v) is 18.0. The lowest BCUT2D eigenvalue weighted by Crippen LogP contribution is -2.40. The lowest BCUT2D eigenvalue weighted by Gasteiger charge is -2.32. The van der Waals surface area contributed by atoms with E-state index in [1.54, 1.807) is 9.58 Å². The molecule has 2 aromatic heterocycles. The van der Waals surface area contributed by atoms with E-state index in [9.17, 15) is 4.79 Å². The lowest BCUT2D eigenvalue weighted by molar-refractivity contribution is -0.127. The summed E-state index contributed by atoms with van der Waals surface area (Å²) in [6.07, 6.45) is 2.83. The van der Waals surface area contributed by atoms with Gasteiger partial charge in [-0.2, -0.15) is 5.10 Å². The van der Waals surface area contributed by atoms with E-state index in [2.05, 4.69) is 16.5 Å². The van der Waals surface area contributed by atoms with Gasteiger partial charge in [-0.25, -0.2) is 14.6 Å². The summed E-state index contributed by atoms with van der Waals surface area (Å²) >= 11 is 0. The number of nitrogens with zero attached hydrogens (tertiary/aromatic N) is 5. The van der Waals surface area contributed by atoms with E-state index in [4.69, 9.17) is 16.9 Å². The van der Waals surface area contributed by atoms with Gasteiger partial charge in [-0.1, -0.05) is 24.8 Å². The summed E-state index contributed by atoms with van der Waals surface area (Å²) in [6, 6.07) is 17.0. The number of hydrogen-bond donors (Lipinski definition) is 1. The Labute approximate surface area is 192 Å². The number of nitrogen functional groups attached to an aromatic ring is 1. The van der Waals surface area contributed by atoms with E-state index >= 15 is 0 Å². The Kier molecular flexibility index (Phi) is 5.16. The zero-order valence-electron chi connectivity index (χ0n) is 19.0. The van der Waals surface area contributed by atoms with Crippen LogP contribution in [0.4, 0.5) is 5.82 Å². The Morgan fingerprint density at radius 1 is 1.15 bits per heavy atom. The molecule has 0 aliphatic carbocycles. The molecule has 0 bridgehead atoms. The molecule has 1 aliphatic rings. The van der Waals surface area contributed by atoms with E-state index in [1.807, 2.05) is 54.6 Å². The van der Waals surface area contributed by atoms with Crippen molar-refractivity contribution in [1.82, 2.24) is 24.6 Å². The highest BCUT2D eigenvalue weighted by Crippen LogP contribution is 2.34. The van der Waals surface area contributed by atoms with Crippen LogP contribution in [0.15, 0.2) is 73.6 Å². The number of carbonyl (C=O) groups excluding carboxylic acids is 1. The van der Waals surface area contributed by atoms with Crippen LogP contribution in [0.5, 0.6) is 11.5 Å². The molecule has 0 radical (unpaired) electrons. The van der Waals surface area contributed by atoms with Gasteiger partial charge < -0.3 is 15.4 Å². The molecule has 1 amide bonds. The molecular weight excluding hydrogens is 416 g/mol. The Morgan fingerprint density at radius 3 is 2.67 bits per heavy atom. The first-order chi connectivity index (χ1) is 16.5. The summed E-state index contributed by atoms with van der Waals surface area (Å²) in [5, 5.41) is 5.46. The second kappa shape index (κ2) is 8.74. The first-order valence-electron chi connectivity index (χ1n) is 11.3. The SMILES string of the molecule is [2H]c1nc(N)c2c(-c3ccc(Oc4ccccc4)cc3)nn([C@@H]3CCCN(C(=O)C=C)C3)c2n1. The van der Waals surface area contributed by atoms with Gasteiger partial charge in [0.2, 0.25) is 5.91 Å². The summed E-state index contributed by atoms with van der Waals surface area (Å²) < 4.78 is 15.7. The molecule has 2 aromatic carbocycles. The third kappa shape index (κ3) is 4.03. The number of aromatic nitrogens is 4. The topological polar surface area (TPSA) is 99.2 Å². The third-order valence-corrected chi connectivity index (χ3v) is 5.80. The molecule has 8 nitrogen and oxygen atoms in total. The van der Waals surface area contributed by atoms with E-state index in [0.717, 1.165) is 24.2 Å².